The van der Waals surface area contributed by atoms with E-state index in [0.717, 1.165) is 21.9 Å². The van der Waals surface area contributed by atoms with Gasteiger partial charge in [0.1, 0.15) is 0 Å². The number of rotatable bonds is 1. The zero-order chi connectivity index (χ0) is 22.5. The molecule has 3 aromatic carbocycles. The Morgan fingerprint density at radius 3 is 2.38 bits per heavy atom. The molecule has 0 bridgehead atoms. The predicted molar refractivity (Wildman–Crippen MR) is 137 cm³/mol. The van der Waals surface area contributed by atoms with Crippen molar-refractivity contribution in [2.45, 2.75) is 31.1 Å². The summed E-state index contributed by atoms with van der Waals surface area (Å²) in [5, 5.41) is 16.3. The second-order valence-corrected chi connectivity index (χ2v) is 20.8. The molecule has 6 aromatic rings. The van der Waals surface area contributed by atoms with Gasteiger partial charge in [-0.1, -0.05) is 0 Å². The molecule has 4 heteroatoms. The van der Waals surface area contributed by atoms with Gasteiger partial charge in [0, 0.05) is 0 Å². The van der Waals surface area contributed by atoms with Gasteiger partial charge in [0.05, 0.1) is 0 Å². The fourth-order valence-electron chi connectivity index (χ4n) is 5.54. The maximum absolute atomic E-state index is 10.2. The van der Waals surface area contributed by atoms with Crippen molar-refractivity contribution in [3.05, 3.63) is 65.4 Å². The second-order valence-electron chi connectivity index (χ2n) is 10.2. The minimum atomic E-state index is -2.09. The third kappa shape index (κ3) is 2.28. The topological polar surface area (TPSA) is 32.1 Å². The Balaban J connectivity index is 2.11. The van der Waals surface area contributed by atoms with Gasteiger partial charge in [-0.2, -0.15) is 0 Å². The number of para-hydroxylation sites is 1. The number of pyridine rings is 2. The molecule has 6 rings (SSSR count). The number of benzene rings is 3. The third-order valence-corrected chi connectivity index (χ3v) is 11.6. The van der Waals surface area contributed by atoms with E-state index in [0.29, 0.717) is 0 Å². The molecule has 0 unspecified atom stereocenters. The van der Waals surface area contributed by atoms with Gasteiger partial charge >= 0.3 is 190 Å². The number of aromatic nitrogens is 2. The first-order valence-electron chi connectivity index (χ1n) is 11.2. The van der Waals surface area contributed by atoms with E-state index in [1.54, 1.807) is 0 Å². The van der Waals surface area contributed by atoms with E-state index in [2.05, 4.69) is 102 Å². The maximum atomic E-state index is 10.2. The summed E-state index contributed by atoms with van der Waals surface area (Å²) >= 11 is -2.09. The van der Waals surface area contributed by atoms with E-state index < -0.39 is 13.3 Å². The normalized spacial score (nSPS) is 12.7. The molecule has 0 atom stereocenters. The van der Waals surface area contributed by atoms with Gasteiger partial charge in [-0.15, -0.1) is 0 Å². The van der Waals surface area contributed by atoms with E-state index in [1.807, 2.05) is 0 Å². The zero-order valence-corrected chi connectivity index (χ0v) is 21.6. The zero-order valence-electron chi connectivity index (χ0n) is 19.5. The molecule has 0 radical (unpaired) electrons. The predicted octanol–water partition coefficient (Wildman–Crippen LogP) is 5.85. The van der Waals surface area contributed by atoms with Crippen LogP contribution in [0.3, 0.4) is 0 Å². The quantitative estimate of drug-likeness (QED) is 0.127. The van der Waals surface area contributed by atoms with Crippen molar-refractivity contribution in [3.63, 3.8) is 0 Å². The van der Waals surface area contributed by atoms with E-state index >= 15 is 0 Å². The summed E-state index contributed by atoms with van der Waals surface area (Å²) in [7, 11) is 2.14. The Labute approximate surface area is 190 Å². The standard InChI is InChI=1S/C28H26GeN3/c1-16-17(2)24-27-25-18(11-12-31(27)6)13-19(29(3,4)5)14-23(25)32-22-10-8-7-9-20(22)26(28(24)32)21(16)15-30/h7-14H,1-6H3/q+1. The average molecular weight is 477 g/mol. The van der Waals surface area contributed by atoms with Crippen molar-refractivity contribution in [1.82, 2.24) is 4.40 Å². The van der Waals surface area contributed by atoms with E-state index in [9.17, 15) is 5.26 Å². The molecule has 0 aliphatic heterocycles. The Bertz CT molecular complexity index is 1790. The van der Waals surface area contributed by atoms with Crippen LogP contribution in [0.5, 0.6) is 0 Å². The second kappa shape index (κ2) is 6.24. The van der Waals surface area contributed by atoms with E-state index in [1.165, 1.54) is 48.2 Å². The number of hydrogen-bond acceptors (Lipinski definition) is 1. The number of hydrogen-bond donors (Lipinski definition) is 0. The van der Waals surface area contributed by atoms with Gasteiger partial charge in [-0.3, -0.25) is 0 Å². The van der Waals surface area contributed by atoms with Crippen LogP contribution < -0.4 is 8.96 Å². The van der Waals surface area contributed by atoms with Crippen molar-refractivity contribution < 1.29 is 4.57 Å². The first kappa shape index (κ1) is 19.6. The average Bonchev–Trinajstić information content (AvgIpc) is 3.10. The molecule has 3 heterocycles. The first-order valence-corrected chi connectivity index (χ1v) is 18.5. The third-order valence-electron chi connectivity index (χ3n) is 7.34. The summed E-state index contributed by atoms with van der Waals surface area (Å²) in [4.78, 5) is 0. The van der Waals surface area contributed by atoms with Gasteiger partial charge in [0.25, 0.3) is 0 Å². The molecule has 0 aliphatic carbocycles. The van der Waals surface area contributed by atoms with Gasteiger partial charge in [0.2, 0.25) is 0 Å². The van der Waals surface area contributed by atoms with Crippen LogP contribution in [0.2, 0.25) is 17.3 Å². The summed E-state index contributed by atoms with van der Waals surface area (Å²) in [5.74, 6) is 7.37. The molecule has 3 aromatic heterocycles. The van der Waals surface area contributed by atoms with Crippen LogP contribution in [-0.2, 0) is 7.05 Å². The summed E-state index contributed by atoms with van der Waals surface area (Å²) in [5.41, 5.74) is 7.97. The Kier molecular flexibility index (Phi) is 3.82. The number of nitrogens with zero attached hydrogens (tertiary/aromatic N) is 3. The fourth-order valence-corrected chi connectivity index (χ4v) is 7.97. The molecule has 0 saturated heterocycles. The van der Waals surface area contributed by atoms with E-state index in [-0.39, 0.29) is 0 Å². The molecule has 0 saturated carbocycles. The summed E-state index contributed by atoms with van der Waals surface area (Å²) in [6.07, 6.45) is 2.19. The molecule has 0 aliphatic rings. The summed E-state index contributed by atoms with van der Waals surface area (Å²) < 4.78 is 6.21. The Morgan fingerprint density at radius 1 is 0.906 bits per heavy atom. The molecule has 0 fully saturated rings. The summed E-state index contributed by atoms with van der Waals surface area (Å²) in [6, 6.07) is 18.3. The minimum absolute atomic E-state index is 0.805. The van der Waals surface area contributed by atoms with Gasteiger partial charge in [-0.05, 0) is 0 Å². The van der Waals surface area contributed by atoms with Crippen molar-refractivity contribution >= 4 is 66.7 Å². The van der Waals surface area contributed by atoms with E-state index in [4.69, 9.17) is 0 Å². The SMILES string of the molecule is Cc1c(C#N)c2c3ccccc3n3c4c[c]([Ge]([CH3])([CH3])[CH3])cc5cc[n+](C)c(c(c1C)c23)c54. The van der Waals surface area contributed by atoms with Crippen LogP contribution in [0, 0.1) is 25.2 Å². The number of aryl methyl sites for hydroxylation is 2. The molecule has 32 heavy (non-hydrogen) atoms. The van der Waals surface area contributed by atoms with Crippen LogP contribution in [0.25, 0.3) is 49.0 Å². The fraction of sp³-hybridized carbons (Fsp3) is 0.214. The first-order chi connectivity index (χ1) is 15.2. The van der Waals surface area contributed by atoms with Crippen LogP contribution in [0.1, 0.15) is 16.7 Å². The van der Waals surface area contributed by atoms with Crippen LogP contribution in [-0.4, -0.2) is 17.7 Å². The molecular formula is C28H26GeN3+. The van der Waals surface area contributed by atoms with Crippen molar-refractivity contribution in [3.8, 4) is 6.07 Å². The molecule has 0 spiro atoms. The van der Waals surface area contributed by atoms with Crippen molar-refractivity contribution in [2.24, 2.45) is 7.05 Å². The van der Waals surface area contributed by atoms with Crippen LogP contribution in [0.15, 0.2) is 48.7 Å². The molecule has 0 amide bonds. The number of fused-ring (bicyclic) bond motifs is 5. The van der Waals surface area contributed by atoms with Gasteiger partial charge in [0.15, 0.2) is 0 Å². The van der Waals surface area contributed by atoms with Gasteiger partial charge in [-0.25, -0.2) is 0 Å². The van der Waals surface area contributed by atoms with Crippen molar-refractivity contribution in [2.75, 3.05) is 0 Å². The van der Waals surface area contributed by atoms with Crippen LogP contribution in [0.4, 0.5) is 0 Å². The van der Waals surface area contributed by atoms with Crippen molar-refractivity contribution in [1.29, 1.82) is 5.26 Å². The van der Waals surface area contributed by atoms with Crippen LogP contribution >= 0.6 is 0 Å². The summed E-state index contributed by atoms with van der Waals surface area (Å²) in [6.45, 7) is 4.28. The Hall–Kier alpha value is -3.10. The molecule has 156 valence electrons. The molecule has 3 nitrogen and oxygen atoms in total. The molecule has 0 N–H and O–H groups in total. The van der Waals surface area contributed by atoms with Gasteiger partial charge < -0.3 is 0 Å². The monoisotopic (exact) mass is 478 g/mol. The number of nitriles is 1. The molecular weight excluding hydrogens is 451 g/mol. The Morgan fingerprint density at radius 2 is 1.66 bits per heavy atom.